The topological polar surface area (TPSA) is 82.8 Å². The number of carbonyl (C=O) groups is 1. The van der Waals surface area contributed by atoms with E-state index in [2.05, 4.69) is 0 Å². The summed E-state index contributed by atoms with van der Waals surface area (Å²) in [6.45, 7) is 1.67. The lowest BCUT2D eigenvalue weighted by Gasteiger charge is -2.19. The Morgan fingerprint density at radius 3 is 2.53 bits per heavy atom. The molecule has 0 amide bonds. The van der Waals surface area contributed by atoms with Crippen molar-refractivity contribution < 1.29 is 15.0 Å². The SMILES string of the molecule is Cc1cc(=O)c(O)c(CN(C)C)n1CC(=O)O. The van der Waals surface area contributed by atoms with Crippen molar-refractivity contribution in [1.82, 2.24) is 9.47 Å². The van der Waals surface area contributed by atoms with Crippen molar-refractivity contribution in [2.24, 2.45) is 0 Å². The van der Waals surface area contributed by atoms with E-state index in [1.807, 2.05) is 0 Å². The molecule has 6 heteroatoms. The van der Waals surface area contributed by atoms with Gasteiger partial charge in [0.15, 0.2) is 5.75 Å². The first-order valence-corrected chi connectivity index (χ1v) is 5.11. The molecule has 0 bridgehead atoms. The maximum Gasteiger partial charge on any atom is 0.323 e. The molecule has 1 aromatic heterocycles. The molecule has 94 valence electrons. The second kappa shape index (κ2) is 5.01. The van der Waals surface area contributed by atoms with Crippen LogP contribution in [0.3, 0.4) is 0 Å². The van der Waals surface area contributed by atoms with Gasteiger partial charge in [0.1, 0.15) is 6.54 Å². The Hall–Kier alpha value is -1.82. The van der Waals surface area contributed by atoms with Crippen LogP contribution >= 0.6 is 0 Å². The van der Waals surface area contributed by atoms with Gasteiger partial charge in [-0.15, -0.1) is 0 Å². The van der Waals surface area contributed by atoms with Gasteiger partial charge in [0.25, 0.3) is 0 Å². The molecule has 0 aliphatic heterocycles. The third-order valence-corrected chi connectivity index (χ3v) is 2.36. The van der Waals surface area contributed by atoms with Gasteiger partial charge in [-0.1, -0.05) is 0 Å². The van der Waals surface area contributed by atoms with E-state index in [0.717, 1.165) is 0 Å². The highest BCUT2D eigenvalue weighted by Crippen LogP contribution is 2.15. The quantitative estimate of drug-likeness (QED) is 0.774. The Kier molecular flexibility index (Phi) is 3.90. The zero-order valence-electron chi connectivity index (χ0n) is 10.1. The van der Waals surface area contributed by atoms with Crippen LogP contribution < -0.4 is 5.43 Å². The lowest BCUT2D eigenvalue weighted by Crippen LogP contribution is -2.24. The van der Waals surface area contributed by atoms with E-state index in [0.29, 0.717) is 17.9 Å². The van der Waals surface area contributed by atoms with E-state index in [9.17, 15) is 14.7 Å². The Morgan fingerprint density at radius 1 is 1.47 bits per heavy atom. The Bertz CT molecular complexity index is 491. The van der Waals surface area contributed by atoms with Crippen molar-refractivity contribution in [2.45, 2.75) is 20.0 Å². The number of carboxylic acids is 1. The van der Waals surface area contributed by atoms with Crippen molar-refractivity contribution in [3.63, 3.8) is 0 Å². The molecule has 1 heterocycles. The summed E-state index contributed by atoms with van der Waals surface area (Å²) >= 11 is 0. The summed E-state index contributed by atoms with van der Waals surface area (Å²) in [5.41, 5.74) is 0.357. The number of aromatic nitrogens is 1. The molecule has 0 spiro atoms. The van der Waals surface area contributed by atoms with E-state index >= 15 is 0 Å². The van der Waals surface area contributed by atoms with E-state index in [1.54, 1.807) is 25.9 Å². The largest absolute Gasteiger partial charge is 0.503 e. The number of aromatic hydroxyl groups is 1. The van der Waals surface area contributed by atoms with Gasteiger partial charge in [-0.25, -0.2) is 0 Å². The normalized spacial score (nSPS) is 10.8. The number of nitrogens with zero attached hydrogens (tertiary/aromatic N) is 2. The highest BCUT2D eigenvalue weighted by molar-refractivity contribution is 5.67. The lowest BCUT2D eigenvalue weighted by atomic mass is 10.2. The third-order valence-electron chi connectivity index (χ3n) is 2.36. The number of rotatable bonds is 4. The molecular formula is C11H16N2O4. The summed E-state index contributed by atoms with van der Waals surface area (Å²) in [6.07, 6.45) is 0. The van der Waals surface area contributed by atoms with Gasteiger partial charge in [0.05, 0.1) is 5.69 Å². The average molecular weight is 240 g/mol. The fraction of sp³-hybridized carbons (Fsp3) is 0.455. The van der Waals surface area contributed by atoms with Gasteiger partial charge in [-0.3, -0.25) is 9.59 Å². The van der Waals surface area contributed by atoms with Gasteiger partial charge in [0, 0.05) is 18.3 Å². The number of hydrogen-bond acceptors (Lipinski definition) is 4. The minimum Gasteiger partial charge on any atom is -0.503 e. The molecule has 6 nitrogen and oxygen atoms in total. The summed E-state index contributed by atoms with van der Waals surface area (Å²) < 4.78 is 1.43. The summed E-state index contributed by atoms with van der Waals surface area (Å²) in [5, 5.41) is 18.5. The number of carboxylic acid groups (broad SMARTS) is 1. The monoisotopic (exact) mass is 240 g/mol. The molecule has 0 aliphatic rings. The van der Waals surface area contributed by atoms with Crippen LogP contribution in [0.25, 0.3) is 0 Å². The molecule has 0 saturated heterocycles. The van der Waals surface area contributed by atoms with Crippen LogP contribution in [-0.2, 0) is 17.9 Å². The van der Waals surface area contributed by atoms with Gasteiger partial charge in [0.2, 0.25) is 5.43 Å². The van der Waals surface area contributed by atoms with Crippen LogP contribution in [0, 0.1) is 6.92 Å². The van der Waals surface area contributed by atoms with Gasteiger partial charge < -0.3 is 19.7 Å². The lowest BCUT2D eigenvalue weighted by molar-refractivity contribution is -0.137. The van der Waals surface area contributed by atoms with Crippen LogP contribution in [0.4, 0.5) is 0 Å². The van der Waals surface area contributed by atoms with Crippen molar-refractivity contribution in [2.75, 3.05) is 14.1 Å². The standard InChI is InChI=1S/C11H16N2O4/c1-7-4-9(14)11(17)8(5-12(2)3)13(7)6-10(15)16/h4,17H,5-6H2,1-3H3,(H,15,16). The first-order chi connectivity index (χ1) is 7.82. The molecule has 1 rings (SSSR count). The van der Waals surface area contributed by atoms with E-state index in [-0.39, 0.29) is 12.3 Å². The average Bonchev–Trinajstić information content (AvgIpc) is 2.19. The maximum atomic E-state index is 11.5. The minimum atomic E-state index is -1.02. The highest BCUT2D eigenvalue weighted by atomic mass is 16.4. The zero-order chi connectivity index (χ0) is 13.2. The maximum absolute atomic E-state index is 11.5. The Labute approximate surface area is 98.7 Å². The molecule has 0 saturated carbocycles. The van der Waals surface area contributed by atoms with E-state index < -0.39 is 11.4 Å². The van der Waals surface area contributed by atoms with Crippen molar-refractivity contribution >= 4 is 5.97 Å². The fourth-order valence-corrected chi connectivity index (χ4v) is 1.63. The highest BCUT2D eigenvalue weighted by Gasteiger charge is 2.15. The Morgan fingerprint density at radius 2 is 2.06 bits per heavy atom. The van der Waals surface area contributed by atoms with Crippen LogP contribution in [0.15, 0.2) is 10.9 Å². The molecule has 17 heavy (non-hydrogen) atoms. The van der Waals surface area contributed by atoms with Gasteiger partial charge in [-0.2, -0.15) is 0 Å². The summed E-state index contributed by atoms with van der Waals surface area (Å²) in [5.74, 6) is -1.40. The number of hydrogen-bond donors (Lipinski definition) is 2. The van der Waals surface area contributed by atoms with E-state index in [4.69, 9.17) is 5.11 Å². The Balaban J connectivity index is 3.38. The first kappa shape index (κ1) is 13.2. The van der Waals surface area contributed by atoms with Gasteiger partial charge in [-0.05, 0) is 21.0 Å². The summed E-state index contributed by atoms with van der Waals surface area (Å²) in [4.78, 5) is 24.0. The van der Waals surface area contributed by atoms with Crippen molar-refractivity contribution in [3.05, 3.63) is 27.7 Å². The molecule has 2 N–H and O–H groups in total. The summed E-state index contributed by atoms with van der Waals surface area (Å²) in [7, 11) is 3.55. The zero-order valence-corrected chi connectivity index (χ0v) is 10.1. The second-order valence-electron chi connectivity index (χ2n) is 4.16. The molecule has 0 aromatic carbocycles. The van der Waals surface area contributed by atoms with Crippen LogP contribution in [0.5, 0.6) is 5.75 Å². The molecule has 0 atom stereocenters. The minimum absolute atomic E-state index is 0.275. The number of aliphatic carboxylic acids is 1. The van der Waals surface area contributed by atoms with Crippen molar-refractivity contribution in [1.29, 1.82) is 0 Å². The molecular weight excluding hydrogens is 224 g/mol. The van der Waals surface area contributed by atoms with Gasteiger partial charge >= 0.3 is 5.97 Å². The predicted molar refractivity (Wildman–Crippen MR) is 62.1 cm³/mol. The first-order valence-electron chi connectivity index (χ1n) is 5.11. The number of aryl methyl sites for hydroxylation is 1. The van der Waals surface area contributed by atoms with Crippen LogP contribution in [0.2, 0.25) is 0 Å². The molecule has 1 aromatic rings. The van der Waals surface area contributed by atoms with Crippen molar-refractivity contribution in [3.8, 4) is 5.75 Å². The molecule has 0 aliphatic carbocycles. The molecule has 0 fully saturated rings. The molecule has 0 radical (unpaired) electrons. The predicted octanol–water partition coefficient (Wildman–Crippen LogP) is 0.00852. The van der Waals surface area contributed by atoms with Crippen LogP contribution in [0.1, 0.15) is 11.4 Å². The van der Waals surface area contributed by atoms with Crippen LogP contribution in [-0.4, -0.2) is 39.7 Å². The second-order valence-corrected chi connectivity index (χ2v) is 4.16. The summed E-state index contributed by atoms with van der Waals surface area (Å²) in [6, 6.07) is 1.23. The third kappa shape index (κ3) is 3.07. The molecule has 0 unspecified atom stereocenters. The number of pyridine rings is 1. The smallest absolute Gasteiger partial charge is 0.323 e. The van der Waals surface area contributed by atoms with E-state index in [1.165, 1.54) is 10.6 Å². The fourth-order valence-electron chi connectivity index (χ4n) is 1.63.